The van der Waals surface area contributed by atoms with Crippen molar-refractivity contribution >= 4 is 27.5 Å². The van der Waals surface area contributed by atoms with E-state index < -0.39 is 23.6 Å². The van der Waals surface area contributed by atoms with Crippen LogP contribution < -0.4 is 15.6 Å². The molecule has 1 aromatic heterocycles. The summed E-state index contributed by atoms with van der Waals surface area (Å²) >= 11 is 3.34. The second-order valence-corrected chi connectivity index (χ2v) is 6.92. The molecular weight excluding hydrogens is 453 g/mol. The zero-order valence-electron chi connectivity index (χ0n) is 14.7. The minimum Gasteiger partial charge on any atom is -0.406 e. The molecule has 0 saturated carbocycles. The number of rotatable bonds is 5. The monoisotopic (exact) mass is 466 g/mol. The number of pyridine rings is 1. The molecule has 29 heavy (non-hydrogen) atoms. The molecular formula is C20H14BrF3N2O3. The van der Waals surface area contributed by atoms with Gasteiger partial charge in [-0.25, -0.2) is 0 Å². The number of benzene rings is 2. The Bertz CT molecular complexity index is 1060. The molecule has 0 aliphatic rings. The Hall–Kier alpha value is -3.07. The van der Waals surface area contributed by atoms with Crippen molar-refractivity contribution < 1.29 is 22.7 Å². The Balaban J connectivity index is 1.74. The van der Waals surface area contributed by atoms with E-state index in [0.717, 1.165) is 22.2 Å². The predicted molar refractivity (Wildman–Crippen MR) is 105 cm³/mol. The van der Waals surface area contributed by atoms with Crippen molar-refractivity contribution in [3.05, 3.63) is 92.8 Å². The van der Waals surface area contributed by atoms with Crippen molar-refractivity contribution in [3.63, 3.8) is 0 Å². The largest absolute Gasteiger partial charge is 0.573 e. The molecule has 9 heteroatoms. The topological polar surface area (TPSA) is 60.3 Å². The third-order valence-corrected chi connectivity index (χ3v) is 4.41. The van der Waals surface area contributed by atoms with Gasteiger partial charge < -0.3 is 14.6 Å². The lowest BCUT2D eigenvalue weighted by atomic mass is 10.2. The van der Waals surface area contributed by atoms with Gasteiger partial charge in [-0.3, -0.25) is 9.59 Å². The van der Waals surface area contributed by atoms with Gasteiger partial charge in [0.15, 0.2) is 0 Å². The van der Waals surface area contributed by atoms with E-state index in [1.165, 1.54) is 22.8 Å². The van der Waals surface area contributed by atoms with Crippen LogP contribution in [0, 0.1) is 0 Å². The first kappa shape index (κ1) is 20.7. The van der Waals surface area contributed by atoms with Gasteiger partial charge in [0.1, 0.15) is 11.3 Å². The molecule has 150 valence electrons. The molecule has 1 heterocycles. The third-order valence-electron chi connectivity index (χ3n) is 3.88. The summed E-state index contributed by atoms with van der Waals surface area (Å²) in [5.74, 6) is -1.07. The number of anilines is 1. The highest BCUT2D eigenvalue weighted by atomic mass is 79.9. The lowest BCUT2D eigenvalue weighted by Crippen LogP contribution is -2.29. The molecule has 0 spiro atoms. The van der Waals surface area contributed by atoms with Gasteiger partial charge >= 0.3 is 6.36 Å². The van der Waals surface area contributed by atoms with Crippen LogP contribution in [0.1, 0.15) is 15.9 Å². The second-order valence-electron chi connectivity index (χ2n) is 6.01. The number of carbonyl (C=O) groups is 1. The average molecular weight is 467 g/mol. The van der Waals surface area contributed by atoms with E-state index in [1.807, 2.05) is 24.3 Å². The molecule has 2 aromatic carbocycles. The highest BCUT2D eigenvalue weighted by Crippen LogP contribution is 2.24. The number of ether oxygens (including phenoxy) is 1. The van der Waals surface area contributed by atoms with Crippen LogP contribution in [0.4, 0.5) is 18.9 Å². The van der Waals surface area contributed by atoms with Crippen molar-refractivity contribution in [2.24, 2.45) is 0 Å². The number of alkyl halides is 3. The predicted octanol–water partition coefficient (Wildman–Crippen LogP) is 4.81. The Morgan fingerprint density at radius 2 is 1.69 bits per heavy atom. The van der Waals surface area contributed by atoms with Crippen molar-refractivity contribution in [1.29, 1.82) is 0 Å². The molecule has 0 radical (unpaired) electrons. The first-order valence-electron chi connectivity index (χ1n) is 8.32. The summed E-state index contributed by atoms with van der Waals surface area (Å²) < 4.78 is 42.7. The van der Waals surface area contributed by atoms with Crippen LogP contribution in [0.3, 0.4) is 0 Å². The van der Waals surface area contributed by atoms with E-state index in [2.05, 4.69) is 26.0 Å². The van der Waals surface area contributed by atoms with Gasteiger partial charge in [-0.1, -0.05) is 28.1 Å². The van der Waals surface area contributed by atoms with Gasteiger partial charge in [-0.2, -0.15) is 0 Å². The highest BCUT2D eigenvalue weighted by Gasteiger charge is 2.31. The molecule has 1 N–H and O–H groups in total. The normalized spacial score (nSPS) is 11.2. The second kappa shape index (κ2) is 8.52. The van der Waals surface area contributed by atoms with Crippen LogP contribution in [-0.2, 0) is 6.54 Å². The van der Waals surface area contributed by atoms with Gasteiger partial charge in [-0.05, 0) is 54.1 Å². The fourth-order valence-corrected chi connectivity index (χ4v) is 2.82. The molecule has 0 saturated heterocycles. The summed E-state index contributed by atoms with van der Waals surface area (Å²) in [7, 11) is 0. The molecule has 0 aliphatic carbocycles. The van der Waals surface area contributed by atoms with E-state index in [4.69, 9.17) is 0 Å². The maximum absolute atomic E-state index is 12.6. The Morgan fingerprint density at radius 3 is 2.31 bits per heavy atom. The summed E-state index contributed by atoms with van der Waals surface area (Å²) in [5.41, 5.74) is 0.547. The fourth-order valence-electron chi connectivity index (χ4n) is 2.56. The Labute approximate surface area is 171 Å². The van der Waals surface area contributed by atoms with Crippen LogP contribution in [0.15, 0.2) is 76.1 Å². The van der Waals surface area contributed by atoms with Crippen LogP contribution in [-0.4, -0.2) is 16.8 Å². The van der Waals surface area contributed by atoms with Gasteiger partial charge in [0.2, 0.25) is 0 Å². The number of nitrogens with zero attached hydrogens (tertiary/aromatic N) is 1. The summed E-state index contributed by atoms with van der Waals surface area (Å²) in [6, 6.07) is 15.0. The van der Waals surface area contributed by atoms with Gasteiger partial charge in [-0.15, -0.1) is 13.2 Å². The van der Waals surface area contributed by atoms with Gasteiger partial charge in [0.05, 0.1) is 6.54 Å². The maximum Gasteiger partial charge on any atom is 0.573 e. The Morgan fingerprint density at radius 1 is 1.03 bits per heavy atom. The van der Waals surface area contributed by atoms with E-state index in [-0.39, 0.29) is 17.8 Å². The standard InChI is InChI=1S/C20H14BrF3N2O3/c21-14-5-3-13(4-6-14)12-26-11-1-2-17(19(26)28)18(27)25-15-7-9-16(10-8-15)29-20(22,23)24/h1-11H,12H2,(H,25,27). The molecule has 0 unspecified atom stereocenters. The van der Waals surface area contributed by atoms with Crippen LogP contribution >= 0.6 is 15.9 Å². The minimum absolute atomic E-state index is 0.0831. The molecule has 0 atom stereocenters. The lowest BCUT2D eigenvalue weighted by Gasteiger charge is -2.11. The Kier molecular flexibility index (Phi) is 6.07. The average Bonchev–Trinajstić information content (AvgIpc) is 2.65. The molecule has 0 aliphatic heterocycles. The van der Waals surface area contributed by atoms with Gasteiger partial charge in [0.25, 0.3) is 11.5 Å². The zero-order chi connectivity index (χ0) is 21.0. The first-order chi connectivity index (χ1) is 13.7. The van der Waals surface area contributed by atoms with E-state index >= 15 is 0 Å². The number of halogens is 4. The SMILES string of the molecule is O=C(Nc1ccc(OC(F)(F)F)cc1)c1cccn(Cc2ccc(Br)cc2)c1=O. The number of carbonyl (C=O) groups excluding carboxylic acids is 1. The van der Waals surface area contributed by atoms with E-state index in [9.17, 15) is 22.8 Å². The number of aromatic nitrogens is 1. The van der Waals surface area contributed by atoms with Crippen molar-refractivity contribution in [2.45, 2.75) is 12.9 Å². The molecule has 5 nitrogen and oxygen atoms in total. The van der Waals surface area contributed by atoms with Crippen molar-refractivity contribution in [1.82, 2.24) is 4.57 Å². The van der Waals surface area contributed by atoms with Gasteiger partial charge in [0, 0.05) is 16.4 Å². The fraction of sp³-hybridized carbons (Fsp3) is 0.100. The lowest BCUT2D eigenvalue weighted by molar-refractivity contribution is -0.274. The summed E-state index contributed by atoms with van der Waals surface area (Å²) in [6.45, 7) is 0.288. The molecule has 0 bridgehead atoms. The number of nitrogens with one attached hydrogen (secondary N) is 1. The van der Waals surface area contributed by atoms with E-state index in [0.29, 0.717) is 0 Å². The summed E-state index contributed by atoms with van der Waals surface area (Å²) in [5, 5.41) is 2.49. The molecule has 0 fully saturated rings. The molecule has 1 amide bonds. The van der Waals surface area contributed by atoms with Crippen molar-refractivity contribution in [3.8, 4) is 5.75 Å². The zero-order valence-corrected chi connectivity index (χ0v) is 16.3. The first-order valence-corrected chi connectivity index (χ1v) is 9.12. The third kappa shape index (κ3) is 5.71. The van der Waals surface area contributed by atoms with Crippen LogP contribution in [0.25, 0.3) is 0 Å². The summed E-state index contributed by atoms with van der Waals surface area (Å²) in [4.78, 5) is 25.1. The number of hydrogen-bond acceptors (Lipinski definition) is 3. The van der Waals surface area contributed by atoms with E-state index in [1.54, 1.807) is 12.3 Å². The van der Waals surface area contributed by atoms with Crippen molar-refractivity contribution in [2.75, 3.05) is 5.32 Å². The minimum atomic E-state index is -4.80. The maximum atomic E-state index is 12.6. The molecule has 3 rings (SSSR count). The summed E-state index contributed by atoms with van der Waals surface area (Å²) in [6.07, 6.45) is -3.22. The van der Waals surface area contributed by atoms with Crippen LogP contribution in [0.5, 0.6) is 5.75 Å². The highest BCUT2D eigenvalue weighted by molar-refractivity contribution is 9.10. The number of amides is 1. The smallest absolute Gasteiger partial charge is 0.406 e. The quantitative estimate of drug-likeness (QED) is 0.586. The van der Waals surface area contributed by atoms with Crippen LogP contribution in [0.2, 0.25) is 0 Å². The molecule has 3 aromatic rings. The number of hydrogen-bond donors (Lipinski definition) is 1.